The van der Waals surface area contributed by atoms with E-state index < -0.39 is 0 Å². The number of rotatable bonds is 7. The Labute approximate surface area is 193 Å². The zero-order valence-corrected chi connectivity index (χ0v) is 19.2. The number of anilines is 2. The zero-order valence-electron chi connectivity index (χ0n) is 17.6. The van der Waals surface area contributed by atoms with Gasteiger partial charge in [-0.2, -0.15) is 0 Å². The molecular formula is C23H22N4O3S2. The Morgan fingerprint density at radius 2 is 1.81 bits per heavy atom. The van der Waals surface area contributed by atoms with Gasteiger partial charge in [0, 0.05) is 11.4 Å². The molecule has 0 fully saturated rings. The molecule has 2 aromatic heterocycles. The topological polar surface area (TPSA) is 96.3 Å². The molecule has 164 valence electrons. The van der Waals surface area contributed by atoms with Crippen molar-refractivity contribution < 1.29 is 14.0 Å². The highest BCUT2D eigenvalue weighted by Gasteiger charge is 2.10. The standard InChI is InChI=1S/C23H22N4O3S2/c1-14-5-6-16(10-15(14)2)25-22(29)26-17-7-8-19-20(11-17)32-23(27-19)31-13-21(28)24-12-18-4-3-9-30-18/h3-11H,12-13H2,1-2H3,(H,24,28)(H2,25,26,29). The van der Waals surface area contributed by atoms with Gasteiger partial charge >= 0.3 is 6.03 Å². The molecule has 0 aliphatic carbocycles. The second-order valence-electron chi connectivity index (χ2n) is 7.19. The fourth-order valence-corrected chi connectivity index (χ4v) is 4.87. The van der Waals surface area contributed by atoms with Gasteiger partial charge in [-0.3, -0.25) is 4.79 Å². The molecule has 0 radical (unpaired) electrons. The predicted molar refractivity (Wildman–Crippen MR) is 129 cm³/mol. The van der Waals surface area contributed by atoms with Gasteiger partial charge in [0.2, 0.25) is 5.91 Å². The lowest BCUT2D eigenvalue weighted by Crippen LogP contribution is -2.24. The monoisotopic (exact) mass is 466 g/mol. The minimum atomic E-state index is -0.306. The molecule has 0 atom stereocenters. The van der Waals surface area contributed by atoms with E-state index in [1.807, 2.05) is 56.3 Å². The highest BCUT2D eigenvalue weighted by molar-refractivity contribution is 8.01. The summed E-state index contributed by atoms with van der Waals surface area (Å²) in [5, 5.41) is 8.52. The van der Waals surface area contributed by atoms with E-state index >= 15 is 0 Å². The van der Waals surface area contributed by atoms with E-state index in [4.69, 9.17) is 4.42 Å². The maximum absolute atomic E-state index is 12.4. The van der Waals surface area contributed by atoms with Crippen LogP contribution < -0.4 is 16.0 Å². The summed E-state index contributed by atoms with van der Waals surface area (Å²) in [6.07, 6.45) is 1.58. The molecule has 4 rings (SSSR count). The Bertz CT molecular complexity index is 1250. The SMILES string of the molecule is Cc1ccc(NC(=O)Nc2ccc3nc(SCC(=O)NCc4ccco4)sc3c2)cc1C. The Morgan fingerprint density at radius 3 is 2.56 bits per heavy atom. The number of hydrogen-bond donors (Lipinski definition) is 3. The number of benzene rings is 2. The number of hydrogen-bond acceptors (Lipinski definition) is 6. The Morgan fingerprint density at radius 1 is 1.03 bits per heavy atom. The second-order valence-corrected chi connectivity index (χ2v) is 9.44. The highest BCUT2D eigenvalue weighted by Crippen LogP contribution is 2.31. The van der Waals surface area contributed by atoms with Crippen LogP contribution in [0.25, 0.3) is 10.2 Å². The number of aryl methyl sites for hydroxylation is 2. The minimum absolute atomic E-state index is 0.0870. The molecule has 2 aromatic carbocycles. The first-order valence-electron chi connectivity index (χ1n) is 9.94. The highest BCUT2D eigenvalue weighted by atomic mass is 32.2. The van der Waals surface area contributed by atoms with E-state index in [-0.39, 0.29) is 17.7 Å². The van der Waals surface area contributed by atoms with Crippen LogP contribution in [-0.4, -0.2) is 22.7 Å². The van der Waals surface area contributed by atoms with Gasteiger partial charge in [0.1, 0.15) is 5.76 Å². The van der Waals surface area contributed by atoms with E-state index in [0.29, 0.717) is 18.0 Å². The number of nitrogens with one attached hydrogen (secondary N) is 3. The van der Waals surface area contributed by atoms with Crippen LogP contribution in [-0.2, 0) is 11.3 Å². The molecule has 3 N–H and O–H groups in total. The van der Waals surface area contributed by atoms with Crippen LogP contribution in [0.2, 0.25) is 0 Å². The van der Waals surface area contributed by atoms with Crippen LogP contribution in [0, 0.1) is 13.8 Å². The van der Waals surface area contributed by atoms with E-state index in [9.17, 15) is 9.59 Å². The molecule has 4 aromatic rings. The largest absolute Gasteiger partial charge is 0.467 e. The number of carbonyl (C=O) groups excluding carboxylic acids is 2. The number of nitrogens with zero attached hydrogens (tertiary/aromatic N) is 1. The van der Waals surface area contributed by atoms with Crippen molar-refractivity contribution in [1.29, 1.82) is 0 Å². The number of aromatic nitrogens is 1. The van der Waals surface area contributed by atoms with Gasteiger partial charge in [-0.1, -0.05) is 17.8 Å². The quantitative estimate of drug-likeness (QED) is 0.310. The summed E-state index contributed by atoms with van der Waals surface area (Å²) < 4.78 is 6.94. The molecule has 7 nitrogen and oxygen atoms in total. The number of fused-ring (bicyclic) bond motifs is 1. The van der Waals surface area contributed by atoms with Crippen molar-refractivity contribution in [3.05, 3.63) is 71.7 Å². The lowest BCUT2D eigenvalue weighted by molar-refractivity contribution is -0.118. The minimum Gasteiger partial charge on any atom is -0.467 e. The second kappa shape index (κ2) is 9.88. The van der Waals surface area contributed by atoms with E-state index in [0.717, 1.165) is 25.8 Å². The molecule has 9 heteroatoms. The maximum Gasteiger partial charge on any atom is 0.323 e. The predicted octanol–water partition coefficient (Wildman–Crippen LogP) is 5.56. The Hall–Kier alpha value is -3.30. The van der Waals surface area contributed by atoms with Crippen LogP contribution in [0.15, 0.2) is 63.6 Å². The van der Waals surface area contributed by atoms with Gasteiger partial charge in [0.05, 0.1) is 28.8 Å². The molecule has 0 saturated heterocycles. The lowest BCUT2D eigenvalue weighted by atomic mass is 10.1. The van der Waals surface area contributed by atoms with Crippen LogP contribution in [0.5, 0.6) is 0 Å². The molecule has 0 aliphatic rings. The summed E-state index contributed by atoms with van der Waals surface area (Å²) in [6.45, 7) is 4.41. The summed E-state index contributed by atoms with van der Waals surface area (Å²) in [4.78, 5) is 28.9. The molecule has 32 heavy (non-hydrogen) atoms. The zero-order chi connectivity index (χ0) is 22.5. The molecule has 0 aliphatic heterocycles. The lowest BCUT2D eigenvalue weighted by Gasteiger charge is -2.09. The normalized spacial score (nSPS) is 10.8. The third-order valence-electron chi connectivity index (χ3n) is 4.76. The van der Waals surface area contributed by atoms with Crippen LogP contribution >= 0.6 is 23.1 Å². The summed E-state index contributed by atoms with van der Waals surface area (Å²) in [7, 11) is 0. The Kier molecular flexibility index (Phi) is 6.77. The first kappa shape index (κ1) is 21.9. The molecule has 0 unspecified atom stereocenters. The smallest absolute Gasteiger partial charge is 0.323 e. The van der Waals surface area contributed by atoms with Crippen molar-refractivity contribution in [3.8, 4) is 0 Å². The van der Waals surface area contributed by atoms with Crippen molar-refractivity contribution in [1.82, 2.24) is 10.3 Å². The van der Waals surface area contributed by atoms with Gasteiger partial charge in [-0.05, 0) is 67.4 Å². The van der Waals surface area contributed by atoms with Crippen molar-refractivity contribution in [2.45, 2.75) is 24.7 Å². The van der Waals surface area contributed by atoms with Crippen molar-refractivity contribution >= 4 is 56.6 Å². The van der Waals surface area contributed by atoms with Gasteiger partial charge < -0.3 is 20.4 Å². The molecule has 0 bridgehead atoms. The first-order valence-corrected chi connectivity index (χ1v) is 11.7. The fourth-order valence-electron chi connectivity index (χ4n) is 2.93. The number of urea groups is 1. The molecule has 0 saturated carbocycles. The first-order chi connectivity index (χ1) is 15.5. The van der Waals surface area contributed by atoms with Gasteiger partial charge in [0.15, 0.2) is 4.34 Å². The average Bonchev–Trinajstić information content (AvgIpc) is 3.42. The van der Waals surface area contributed by atoms with Gasteiger partial charge in [-0.25, -0.2) is 9.78 Å². The number of thiazole rings is 1. The van der Waals surface area contributed by atoms with Gasteiger partial charge in [-0.15, -0.1) is 11.3 Å². The Balaban J connectivity index is 1.32. The van der Waals surface area contributed by atoms with Crippen molar-refractivity contribution in [3.63, 3.8) is 0 Å². The summed E-state index contributed by atoms with van der Waals surface area (Å²) in [5.74, 6) is 0.894. The third kappa shape index (κ3) is 5.68. The van der Waals surface area contributed by atoms with Crippen LogP contribution in [0.1, 0.15) is 16.9 Å². The summed E-state index contributed by atoms with van der Waals surface area (Å²) >= 11 is 2.87. The number of furan rings is 1. The summed E-state index contributed by atoms with van der Waals surface area (Å²) in [6, 6.07) is 14.6. The molecular weight excluding hydrogens is 444 g/mol. The van der Waals surface area contributed by atoms with Gasteiger partial charge in [0.25, 0.3) is 0 Å². The van der Waals surface area contributed by atoms with Crippen molar-refractivity contribution in [2.75, 3.05) is 16.4 Å². The van der Waals surface area contributed by atoms with E-state index in [1.54, 1.807) is 12.3 Å². The number of thioether (sulfide) groups is 1. The summed E-state index contributed by atoms with van der Waals surface area (Å²) in [5.41, 5.74) is 4.54. The number of carbonyl (C=O) groups is 2. The molecule has 2 heterocycles. The van der Waals surface area contributed by atoms with Crippen LogP contribution in [0.4, 0.5) is 16.2 Å². The fraction of sp³-hybridized carbons (Fsp3) is 0.174. The third-order valence-corrected chi connectivity index (χ3v) is 6.92. The molecule has 0 spiro atoms. The average molecular weight is 467 g/mol. The molecule has 3 amide bonds. The van der Waals surface area contributed by atoms with Crippen molar-refractivity contribution in [2.24, 2.45) is 0 Å². The van der Waals surface area contributed by atoms with E-state index in [1.165, 1.54) is 28.7 Å². The van der Waals surface area contributed by atoms with E-state index in [2.05, 4.69) is 20.9 Å². The van der Waals surface area contributed by atoms with Crippen LogP contribution in [0.3, 0.4) is 0 Å². The maximum atomic E-state index is 12.4. The number of amides is 3.